The molecule has 2 aromatic rings. The van der Waals surface area contributed by atoms with Crippen LogP contribution in [0.1, 0.15) is 32.1 Å². The van der Waals surface area contributed by atoms with E-state index < -0.39 is 0 Å². The average molecular weight is 356 g/mol. The third kappa shape index (κ3) is 3.79. The molecule has 6 heteroatoms. The number of hydrogen-bond acceptors (Lipinski definition) is 4. The van der Waals surface area contributed by atoms with E-state index in [1.54, 1.807) is 11.3 Å². The van der Waals surface area contributed by atoms with Crippen LogP contribution in [0.2, 0.25) is 0 Å². The smallest absolute Gasteiger partial charge is 0.223 e. The van der Waals surface area contributed by atoms with Gasteiger partial charge in [-0.15, -0.1) is 11.3 Å². The van der Waals surface area contributed by atoms with Gasteiger partial charge in [0.15, 0.2) is 5.82 Å². The highest BCUT2D eigenvalue weighted by atomic mass is 32.1. The fourth-order valence-corrected chi connectivity index (χ4v) is 4.33. The minimum absolute atomic E-state index is 0.169. The Hall–Kier alpha value is -2.08. The number of carbonyl (C=O) groups is 1. The van der Waals surface area contributed by atoms with Gasteiger partial charge in [-0.2, -0.15) is 5.10 Å². The molecular weight excluding hydrogens is 332 g/mol. The molecule has 1 atom stereocenters. The summed E-state index contributed by atoms with van der Waals surface area (Å²) in [4.78, 5) is 15.9. The number of anilines is 1. The van der Waals surface area contributed by atoms with Crippen LogP contribution in [-0.4, -0.2) is 35.2 Å². The summed E-state index contributed by atoms with van der Waals surface area (Å²) in [5, 5.41) is 12.9. The third-order valence-electron chi connectivity index (χ3n) is 5.16. The lowest BCUT2D eigenvalue weighted by atomic mass is 9.93. The van der Waals surface area contributed by atoms with Crippen molar-refractivity contribution in [3.8, 4) is 10.6 Å². The first-order valence-electron chi connectivity index (χ1n) is 9.09. The minimum Gasteiger partial charge on any atom is -0.355 e. The Kier molecular flexibility index (Phi) is 4.88. The van der Waals surface area contributed by atoms with Crippen LogP contribution in [0.4, 0.5) is 5.82 Å². The Morgan fingerprint density at radius 3 is 2.88 bits per heavy atom. The van der Waals surface area contributed by atoms with Crippen LogP contribution in [-0.2, 0) is 4.79 Å². The van der Waals surface area contributed by atoms with Gasteiger partial charge < -0.3 is 10.2 Å². The maximum absolute atomic E-state index is 12.4. The van der Waals surface area contributed by atoms with Crippen molar-refractivity contribution in [3.63, 3.8) is 0 Å². The molecule has 25 heavy (non-hydrogen) atoms. The largest absolute Gasteiger partial charge is 0.355 e. The lowest BCUT2D eigenvalue weighted by Gasteiger charge is -2.33. The molecule has 2 aliphatic rings. The van der Waals surface area contributed by atoms with Gasteiger partial charge in [0.25, 0.3) is 0 Å². The number of H-pyrrole nitrogens is 1. The molecular formula is C19H24N4OS. The average Bonchev–Trinajstić information content (AvgIpc) is 3.35. The van der Waals surface area contributed by atoms with Crippen molar-refractivity contribution < 1.29 is 4.79 Å². The first kappa shape index (κ1) is 16.4. The number of piperidine rings is 1. The molecule has 2 N–H and O–H groups in total. The van der Waals surface area contributed by atoms with E-state index in [-0.39, 0.29) is 11.8 Å². The molecule has 1 amide bonds. The molecule has 1 aliphatic carbocycles. The second-order valence-corrected chi connectivity index (χ2v) is 7.82. The van der Waals surface area contributed by atoms with Crippen molar-refractivity contribution in [1.82, 2.24) is 15.5 Å². The summed E-state index contributed by atoms with van der Waals surface area (Å²) in [5.41, 5.74) is 1.07. The number of allylic oxidation sites excluding steroid dienone is 2. The van der Waals surface area contributed by atoms with Gasteiger partial charge in [-0.25, -0.2) is 0 Å². The molecule has 1 fully saturated rings. The van der Waals surface area contributed by atoms with Crippen LogP contribution < -0.4 is 10.2 Å². The number of nitrogens with zero attached hydrogens (tertiary/aromatic N) is 2. The SMILES string of the molecule is O=C(NC1CCN(c2cc(-c3cccs3)[nH]n2)CC1)[C@H]1CC=CCC1. The zero-order chi connectivity index (χ0) is 17.1. The van der Waals surface area contributed by atoms with Crippen LogP contribution in [0.25, 0.3) is 10.6 Å². The van der Waals surface area contributed by atoms with Crippen molar-refractivity contribution in [2.45, 2.75) is 38.1 Å². The summed E-state index contributed by atoms with van der Waals surface area (Å²) >= 11 is 1.71. The summed E-state index contributed by atoms with van der Waals surface area (Å²) in [6.07, 6.45) is 9.19. The predicted molar refractivity (Wildman–Crippen MR) is 102 cm³/mol. The van der Waals surface area contributed by atoms with E-state index in [4.69, 9.17) is 0 Å². The minimum atomic E-state index is 0.169. The molecule has 3 heterocycles. The summed E-state index contributed by atoms with van der Waals surface area (Å²) in [7, 11) is 0. The Balaban J connectivity index is 1.29. The Labute approximate surface area is 152 Å². The van der Waals surface area contributed by atoms with Crippen LogP contribution >= 0.6 is 11.3 Å². The molecule has 1 aliphatic heterocycles. The molecule has 0 saturated carbocycles. The van der Waals surface area contributed by atoms with E-state index in [1.165, 1.54) is 4.88 Å². The third-order valence-corrected chi connectivity index (χ3v) is 6.06. The summed E-state index contributed by atoms with van der Waals surface area (Å²) < 4.78 is 0. The van der Waals surface area contributed by atoms with E-state index >= 15 is 0 Å². The number of nitrogens with one attached hydrogen (secondary N) is 2. The lowest BCUT2D eigenvalue weighted by Crippen LogP contribution is -2.46. The van der Waals surface area contributed by atoms with Gasteiger partial charge >= 0.3 is 0 Å². The van der Waals surface area contributed by atoms with Gasteiger partial charge in [0.05, 0.1) is 10.6 Å². The monoisotopic (exact) mass is 356 g/mol. The van der Waals surface area contributed by atoms with Crippen LogP contribution in [0, 0.1) is 5.92 Å². The number of amides is 1. The highest BCUT2D eigenvalue weighted by Gasteiger charge is 2.25. The molecule has 0 aromatic carbocycles. The molecule has 0 spiro atoms. The Morgan fingerprint density at radius 1 is 1.28 bits per heavy atom. The number of aromatic nitrogens is 2. The molecule has 0 radical (unpaired) electrons. The number of hydrogen-bond donors (Lipinski definition) is 2. The van der Waals surface area contributed by atoms with E-state index in [1.807, 2.05) is 0 Å². The van der Waals surface area contributed by atoms with E-state index in [0.29, 0.717) is 6.04 Å². The normalized spacial score (nSPS) is 21.4. The molecule has 5 nitrogen and oxygen atoms in total. The van der Waals surface area contributed by atoms with E-state index in [9.17, 15) is 4.79 Å². The van der Waals surface area contributed by atoms with Crippen molar-refractivity contribution in [2.75, 3.05) is 18.0 Å². The van der Waals surface area contributed by atoms with Crippen LogP contribution in [0.3, 0.4) is 0 Å². The lowest BCUT2D eigenvalue weighted by molar-refractivity contribution is -0.126. The molecule has 0 bridgehead atoms. The molecule has 2 aromatic heterocycles. The van der Waals surface area contributed by atoms with Gasteiger partial charge in [0, 0.05) is 31.1 Å². The van der Waals surface area contributed by atoms with Gasteiger partial charge in [-0.3, -0.25) is 9.89 Å². The zero-order valence-corrected chi connectivity index (χ0v) is 15.1. The first-order valence-corrected chi connectivity index (χ1v) is 9.97. The number of thiophene rings is 1. The Bertz CT molecular complexity index is 728. The molecule has 4 rings (SSSR count). The molecule has 132 valence electrons. The summed E-state index contributed by atoms with van der Waals surface area (Å²) in [5.74, 6) is 1.41. The van der Waals surface area contributed by atoms with Crippen molar-refractivity contribution in [2.24, 2.45) is 5.92 Å². The molecule has 0 unspecified atom stereocenters. The van der Waals surface area contributed by atoms with E-state index in [0.717, 1.165) is 56.7 Å². The van der Waals surface area contributed by atoms with Crippen molar-refractivity contribution >= 4 is 23.1 Å². The number of rotatable bonds is 4. The second kappa shape index (κ2) is 7.44. The fraction of sp³-hybridized carbons (Fsp3) is 0.474. The topological polar surface area (TPSA) is 61.0 Å². The van der Waals surface area contributed by atoms with Crippen LogP contribution in [0.5, 0.6) is 0 Å². The fourth-order valence-electron chi connectivity index (χ4n) is 3.63. The summed E-state index contributed by atoms with van der Waals surface area (Å²) in [6.45, 7) is 1.87. The van der Waals surface area contributed by atoms with Gasteiger partial charge in [-0.05, 0) is 43.6 Å². The highest BCUT2D eigenvalue weighted by Crippen LogP contribution is 2.27. The second-order valence-electron chi connectivity index (χ2n) is 6.87. The van der Waals surface area contributed by atoms with Crippen molar-refractivity contribution in [3.05, 3.63) is 35.7 Å². The number of carbonyl (C=O) groups excluding carboxylic acids is 1. The maximum atomic E-state index is 12.4. The quantitative estimate of drug-likeness (QED) is 0.823. The zero-order valence-electron chi connectivity index (χ0n) is 14.3. The maximum Gasteiger partial charge on any atom is 0.223 e. The Morgan fingerprint density at radius 2 is 2.16 bits per heavy atom. The van der Waals surface area contributed by atoms with Gasteiger partial charge in [0.2, 0.25) is 5.91 Å². The van der Waals surface area contributed by atoms with Gasteiger partial charge in [-0.1, -0.05) is 18.2 Å². The summed E-state index contributed by atoms with van der Waals surface area (Å²) in [6, 6.07) is 6.57. The van der Waals surface area contributed by atoms with Crippen molar-refractivity contribution in [1.29, 1.82) is 0 Å². The standard InChI is InChI=1S/C19H24N4OS/c24-19(14-5-2-1-3-6-14)20-15-8-10-23(11-9-15)18-13-16(21-22-18)17-7-4-12-25-17/h1-2,4,7,12-15H,3,5-6,8-11H2,(H,20,24)(H,21,22)/t14-/m0/s1. The highest BCUT2D eigenvalue weighted by molar-refractivity contribution is 7.13. The van der Waals surface area contributed by atoms with Gasteiger partial charge in [0.1, 0.15) is 0 Å². The van der Waals surface area contributed by atoms with E-state index in [2.05, 4.69) is 56.1 Å². The number of aromatic amines is 1. The predicted octanol–water partition coefficient (Wildman–Crippen LogP) is 3.58. The first-order chi connectivity index (χ1) is 12.3. The molecule has 1 saturated heterocycles. The van der Waals surface area contributed by atoms with Crippen LogP contribution in [0.15, 0.2) is 35.7 Å².